The van der Waals surface area contributed by atoms with Crippen molar-refractivity contribution in [2.24, 2.45) is 0 Å². The van der Waals surface area contributed by atoms with Crippen LogP contribution in [0.15, 0.2) is 30.0 Å². The Hall–Kier alpha value is -3.68. The fourth-order valence-electron chi connectivity index (χ4n) is 3.68. The number of anilines is 1. The minimum atomic E-state index is -0.378. The largest absolute Gasteiger partial charge is 0.507 e. The lowest BCUT2D eigenvalue weighted by Gasteiger charge is -2.12. The van der Waals surface area contributed by atoms with Crippen LogP contribution in [0, 0.1) is 13.8 Å². The summed E-state index contributed by atoms with van der Waals surface area (Å²) in [7, 11) is 0. The summed E-state index contributed by atoms with van der Waals surface area (Å²) in [6, 6.07) is 6.17. The van der Waals surface area contributed by atoms with Crippen LogP contribution in [0.5, 0.6) is 5.75 Å². The molecule has 3 aromatic rings. The van der Waals surface area contributed by atoms with Crippen LogP contribution in [0.25, 0.3) is 23.0 Å². The summed E-state index contributed by atoms with van der Waals surface area (Å²) in [6.07, 6.45) is 5.60. The number of benzene rings is 1. The van der Waals surface area contributed by atoms with Gasteiger partial charge in [-0.25, -0.2) is 4.98 Å². The van der Waals surface area contributed by atoms with Crippen molar-refractivity contribution in [2.45, 2.75) is 39.2 Å². The van der Waals surface area contributed by atoms with E-state index in [2.05, 4.69) is 15.7 Å². The number of nitrogens with one attached hydrogen (secondary N) is 2. The van der Waals surface area contributed by atoms with Gasteiger partial charge >= 0.3 is 0 Å². The zero-order chi connectivity index (χ0) is 21.0. The Bertz CT molecular complexity index is 1230. The number of carbonyl (C=O) groups is 2. The molecule has 2 fully saturated rings. The lowest BCUT2D eigenvalue weighted by atomic mass is 10.0. The highest BCUT2D eigenvalue weighted by molar-refractivity contribution is 6.15. The molecule has 3 heterocycles. The van der Waals surface area contributed by atoms with E-state index >= 15 is 0 Å². The van der Waals surface area contributed by atoms with E-state index in [1.54, 1.807) is 16.8 Å². The number of imide groups is 1. The molecule has 1 aliphatic heterocycles. The molecule has 152 valence electrons. The van der Waals surface area contributed by atoms with Crippen molar-refractivity contribution in [1.82, 2.24) is 19.9 Å². The van der Waals surface area contributed by atoms with Crippen LogP contribution in [0.4, 0.5) is 5.82 Å². The third kappa shape index (κ3) is 3.20. The molecular weight excluding hydrogens is 382 g/mol. The van der Waals surface area contributed by atoms with Crippen molar-refractivity contribution in [3.63, 3.8) is 0 Å². The van der Waals surface area contributed by atoms with Gasteiger partial charge in [-0.1, -0.05) is 0 Å². The highest BCUT2D eigenvalue weighted by Gasteiger charge is 2.26. The Morgan fingerprint density at radius 2 is 1.93 bits per heavy atom. The van der Waals surface area contributed by atoms with Crippen molar-refractivity contribution in [1.29, 1.82) is 0 Å². The van der Waals surface area contributed by atoms with Crippen LogP contribution in [0.1, 0.15) is 36.0 Å². The number of phenols is 1. The van der Waals surface area contributed by atoms with Gasteiger partial charge in [0.2, 0.25) is 5.91 Å². The van der Waals surface area contributed by atoms with Gasteiger partial charge in [0, 0.05) is 28.8 Å². The summed E-state index contributed by atoms with van der Waals surface area (Å²) in [6.45, 7) is 3.72. The Morgan fingerprint density at radius 3 is 2.57 bits per heavy atom. The minimum Gasteiger partial charge on any atom is -0.507 e. The van der Waals surface area contributed by atoms with Crippen molar-refractivity contribution in [3.05, 3.63) is 46.7 Å². The number of phenolic OH excluding ortho intramolecular Hbond substituents is 1. The predicted molar refractivity (Wildman–Crippen MR) is 112 cm³/mol. The normalized spacial score (nSPS) is 17.7. The molecule has 1 aliphatic carbocycles. The maximum absolute atomic E-state index is 12.0. The molecule has 2 aliphatic rings. The van der Waals surface area contributed by atoms with Crippen LogP contribution in [-0.2, 0) is 9.59 Å². The maximum atomic E-state index is 12.0. The highest BCUT2D eigenvalue weighted by atomic mass is 16.3. The van der Waals surface area contributed by atoms with Gasteiger partial charge in [-0.15, -0.1) is 0 Å². The second-order valence-corrected chi connectivity index (χ2v) is 7.96. The van der Waals surface area contributed by atoms with Gasteiger partial charge in [-0.05, 0) is 56.0 Å². The number of aromatic hydroxyl groups is 1. The molecule has 1 saturated heterocycles. The van der Waals surface area contributed by atoms with Crippen LogP contribution in [0.3, 0.4) is 0 Å². The number of aromatic nitrogens is 3. The third-order valence-electron chi connectivity index (χ3n) is 5.44. The van der Waals surface area contributed by atoms with E-state index < -0.39 is 0 Å². The second-order valence-electron chi connectivity index (χ2n) is 7.96. The highest BCUT2D eigenvalue weighted by Crippen LogP contribution is 2.32. The third-order valence-corrected chi connectivity index (χ3v) is 5.44. The first kappa shape index (κ1) is 18.4. The Labute approximate surface area is 172 Å². The molecule has 1 saturated carbocycles. The quantitative estimate of drug-likeness (QED) is 0.457. The molecule has 0 spiro atoms. The van der Waals surface area contributed by atoms with Crippen LogP contribution < -0.4 is 10.6 Å². The van der Waals surface area contributed by atoms with Gasteiger partial charge in [-0.3, -0.25) is 14.9 Å². The zero-order valence-corrected chi connectivity index (χ0v) is 16.7. The molecule has 0 bridgehead atoms. The van der Waals surface area contributed by atoms with Gasteiger partial charge < -0.3 is 10.4 Å². The zero-order valence-electron chi connectivity index (χ0n) is 16.7. The fraction of sp³-hybridized carbons (Fsp3) is 0.273. The lowest BCUT2D eigenvalue weighted by molar-refractivity contribution is -0.124. The molecule has 5 rings (SSSR count). The number of amides is 2. The summed E-state index contributed by atoms with van der Waals surface area (Å²) in [5, 5.41) is 20.4. The molecule has 2 aromatic heterocycles. The minimum absolute atomic E-state index is 0.0550. The average molecular weight is 403 g/mol. The summed E-state index contributed by atoms with van der Waals surface area (Å²) in [5.74, 6) is 0.416. The molecule has 0 radical (unpaired) electrons. The van der Waals surface area contributed by atoms with Crippen LogP contribution in [0.2, 0.25) is 0 Å². The molecule has 30 heavy (non-hydrogen) atoms. The van der Waals surface area contributed by atoms with E-state index in [-0.39, 0.29) is 24.0 Å². The SMILES string of the molecule is Cc1cc(-c2cc(NC3CC3)n3ncc(/C=C4\CC(=O)NC4=O)c3n2)cc(C)c1O. The van der Waals surface area contributed by atoms with Crippen molar-refractivity contribution < 1.29 is 14.7 Å². The predicted octanol–water partition coefficient (Wildman–Crippen LogP) is 2.72. The summed E-state index contributed by atoms with van der Waals surface area (Å²) < 4.78 is 1.73. The fourth-order valence-corrected chi connectivity index (χ4v) is 3.68. The molecule has 3 N–H and O–H groups in total. The standard InChI is InChI=1S/C22H21N5O3/c1-11-5-13(6-12(2)20(11)29)17-9-18(24-16-3-4-16)27-21(25-17)15(10-23-27)7-14-8-19(28)26-22(14)30/h5-7,9-10,16,24,29H,3-4,8H2,1-2H3,(H,26,28,30)/b14-7+. The van der Waals surface area contributed by atoms with Gasteiger partial charge in [0.25, 0.3) is 5.91 Å². The van der Waals surface area contributed by atoms with Gasteiger partial charge in [-0.2, -0.15) is 9.61 Å². The van der Waals surface area contributed by atoms with Crippen molar-refractivity contribution >= 4 is 29.4 Å². The monoisotopic (exact) mass is 403 g/mol. The van der Waals surface area contributed by atoms with E-state index in [0.29, 0.717) is 22.8 Å². The topological polar surface area (TPSA) is 109 Å². The summed E-state index contributed by atoms with van der Waals surface area (Å²) in [5.41, 5.74) is 4.85. The van der Waals surface area contributed by atoms with E-state index in [1.807, 2.05) is 32.0 Å². The van der Waals surface area contributed by atoms with Crippen molar-refractivity contribution in [2.75, 3.05) is 5.32 Å². The van der Waals surface area contributed by atoms with Crippen LogP contribution in [-0.4, -0.2) is 37.6 Å². The Kier molecular flexibility index (Phi) is 4.09. The molecular formula is C22H21N5O3. The number of hydrogen-bond acceptors (Lipinski definition) is 6. The van der Waals surface area contributed by atoms with Crippen LogP contribution >= 0.6 is 0 Å². The average Bonchev–Trinajstić information content (AvgIpc) is 3.34. The van der Waals surface area contributed by atoms with Gasteiger partial charge in [0.15, 0.2) is 5.65 Å². The van der Waals surface area contributed by atoms with E-state index in [4.69, 9.17) is 4.98 Å². The Balaban J connectivity index is 1.67. The number of rotatable bonds is 4. The molecule has 8 nitrogen and oxygen atoms in total. The molecule has 8 heteroatoms. The smallest absolute Gasteiger partial charge is 0.254 e. The lowest BCUT2D eigenvalue weighted by Crippen LogP contribution is -2.19. The van der Waals surface area contributed by atoms with E-state index in [0.717, 1.165) is 41.0 Å². The molecule has 1 aromatic carbocycles. The van der Waals surface area contributed by atoms with Gasteiger partial charge in [0.1, 0.15) is 11.6 Å². The van der Waals surface area contributed by atoms with Crippen molar-refractivity contribution in [3.8, 4) is 17.0 Å². The summed E-state index contributed by atoms with van der Waals surface area (Å²) >= 11 is 0. The van der Waals surface area contributed by atoms with E-state index in [9.17, 15) is 14.7 Å². The first-order valence-corrected chi connectivity index (χ1v) is 9.89. The number of nitrogens with zero attached hydrogens (tertiary/aromatic N) is 3. The van der Waals surface area contributed by atoms with Gasteiger partial charge in [0.05, 0.1) is 18.3 Å². The summed E-state index contributed by atoms with van der Waals surface area (Å²) in [4.78, 5) is 28.3. The maximum Gasteiger partial charge on any atom is 0.254 e. The molecule has 0 unspecified atom stereocenters. The number of carbonyl (C=O) groups excluding carboxylic acids is 2. The Morgan fingerprint density at radius 1 is 1.20 bits per heavy atom. The molecule has 0 atom stereocenters. The first-order valence-electron chi connectivity index (χ1n) is 9.89. The number of aryl methyl sites for hydroxylation is 2. The van der Waals surface area contributed by atoms with E-state index in [1.165, 1.54) is 0 Å². The second kappa shape index (κ2) is 6.69. The molecule has 2 amide bonds. The first-order chi connectivity index (χ1) is 14.4. The number of fused-ring (bicyclic) bond motifs is 1. The number of hydrogen-bond donors (Lipinski definition) is 3.